The van der Waals surface area contributed by atoms with Crippen LogP contribution in [0.15, 0.2) is 0 Å². The molecule has 1 aliphatic rings. The van der Waals surface area contributed by atoms with Gasteiger partial charge in [-0.3, -0.25) is 0 Å². The summed E-state index contributed by atoms with van der Waals surface area (Å²) in [6.45, 7) is 10.1. The summed E-state index contributed by atoms with van der Waals surface area (Å²) in [5.74, 6) is 0.888. The Morgan fingerprint density at radius 2 is 1.75 bits per heavy atom. The topological polar surface area (TPSA) is 12.5 Å². The van der Waals surface area contributed by atoms with Crippen molar-refractivity contribution in [2.45, 2.75) is 26.7 Å². The summed E-state index contributed by atoms with van der Waals surface area (Å²) in [6.07, 6.45) is 2.52. The van der Waals surface area contributed by atoms with Gasteiger partial charge in [-0.2, -0.15) is 0 Å². The van der Waals surface area contributed by atoms with Gasteiger partial charge in [0.05, 0.1) is 0 Å². The maximum atomic E-state index is 5.33. The third-order valence-corrected chi connectivity index (χ3v) is 2.75. The van der Waals surface area contributed by atoms with E-state index in [1.54, 1.807) is 0 Å². The highest BCUT2D eigenvalue weighted by Gasteiger charge is 2.15. The highest BCUT2D eigenvalue weighted by atomic mass is 16.5. The van der Waals surface area contributed by atoms with Gasteiger partial charge in [-0.1, -0.05) is 13.8 Å². The van der Waals surface area contributed by atoms with Gasteiger partial charge in [0.1, 0.15) is 0 Å². The standard InChI is InChI=1S/C10H21NO/c1-3-11(4-2)9-10-5-7-12-8-6-10/h10H,3-9H2,1-2H3. The zero-order valence-electron chi connectivity index (χ0n) is 8.38. The lowest BCUT2D eigenvalue weighted by Gasteiger charge is -2.27. The third kappa shape index (κ3) is 3.11. The summed E-state index contributed by atoms with van der Waals surface area (Å²) in [4.78, 5) is 2.51. The maximum absolute atomic E-state index is 5.33. The van der Waals surface area contributed by atoms with Crippen molar-refractivity contribution in [3.63, 3.8) is 0 Å². The summed E-state index contributed by atoms with van der Waals surface area (Å²) >= 11 is 0. The Bertz CT molecular complexity index is 106. The van der Waals surface area contributed by atoms with Crippen LogP contribution in [0.4, 0.5) is 0 Å². The normalized spacial score (nSPS) is 20.2. The molecule has 1 heterocycles. The molecule has 0 aromatic heterocycles. The van der Waals surface area contributed by atoms with Crippen molar-refractivity contribution in [1.82, 2.24) is 4.90 Å². The average molecular weight is 171 g/mol. The molecule has 0 unspecified atom stereocenters. The zero-order chi connectivity index (χ0) is 8.81. The van der Waals surface area contributed by atoms with E-state index < -0.39 is 0 Å². The SMILES string of the molecule is CCN(CC)CC1CCOCC1. The third-order valence-electron chi connectivity index (χ3n) is 2.75. The van der Waals surface area contributed by atoms with Crippen LogP contribution in [-0.4, -0.2) is 37.7 Å². The first kappa shape index (κ1) is 10.0. The molecule has 1 fully saturated rings. The van der Waals surface area contributed by atoms with Crippen LogP contribution in [0.25, 0.3) is 0 Å². The molecule has 0 N–H and O–H groups in total. The Kier molecular flexibility index (Phi) is 4.62. The summed E-state index contributed by atoms with van der Waals surface area (Å²) in [7, 11) is 0. The highest BCUT2D eigenvalue weighted by Crippen LogP contribution is 2.15. The van der Waals surface area contributed by atoms with Crippen molar-refractivity contribution in [3.05, 3.63) is 0 Å². The van der Waals surface area contributed by atoms with Gasteiger partial charge in [-0.25, -0.2) is 0 Å². The summed E-state index contributed by atoms with van der Waals surface area (Å²) in [5.41, 5.74) is 0. The van der Waals surface area contributed by atoms with Crippen LogP contribution in [0.2, 0.25) is 0 Å². The molecule has 1 saturated heterocycles. The Morgan fingerprint density at radius 3 is 2.25 bits per heavy atom. The highest BCUT2D eigenvalue weighted by molar-refractivity contribution is 4.67. The van der Waals surface area contributed by atoms with Crippen molar-refractivity contribution in [2.75, 3.05) is 32.8 Å². The average Bonchev–Trinajstić information content (AvgIpc) is 2.16. The molecular weight excluding hydrogens is 150 g/mol. The van der Waals surface area contributed by atoms with E-state index >= 15 is 0 Å². The lowest BCUT2D eigenvalue weighted by Crippen LogP contribution is -2.32. The van der Waals surface area contributed by atoms with Gasteiger partial charge in [-0.15, -0.1) is 0 Å². The molecular formula is C10H21NO. The quantitative estimate of drug-likeness (QED) is 0.639. The number of rotatable bonds is 4. The first-order valence-electron chi connectivity index (χ1n) is 5.16. The van der Waals surface area contributed by atoms with Crippen LogP contribution in [0.3, 0.4) is 0 Å². The number of ether oxygens (including phenoxy) is 1. The van der Waals surface area contributed by atoms with Crippen LogP contribution in [0.5, 0.6) is 0 Å². The second-order valence-corrected chi connectivity index (χ2v) is 3.54. The summed E-state index contributed by atoms with van der Waals surface area (Å²) < 4.78 is 5.33. The molecule has 2 heteroatoms. The van der Waals surface area contributed by atoms with E-state index in [1.165, 1.54) is 32.5 Å². The van der Waals surface area contributed by atoms with Crippen molar-refractivity contribution in [2.24, 2.45) is 5.92 Å². The largest absolute Gasteiger partial charge is 0.381 e. The van der Waals surface area contributed by atoms with Crippen molar-refractivity contribution < 1.29 is 4.74 Å². The second kappa shape index (κ2) is 5.55. The molecule has 0 saturated carbocycles. The van der Waals surface area contributed by atoms with Gasteiger partial charge in [0.2, 0.25) is 0 Å². The van der Waals surface area contributed by atoms with Crippen LogP contribution >= 0.6 is 0 Å². The van der Waals surface area contributed by atoms with E-state index in [9.17, 15) is 0 Å². The number of hydrogen-bond acceptors (Lipinski definition) is 2. The molecule has 12 heavy (non-hydrogen) atoms. The van der Waals surface area contributed by atoms with Gasteiger partial charge < -0.3 is 9.64 Å². The lowest BCUT2D eigenvalue weighted by molar-refractivity contribution is 0.0539. The molecule has 0 bridgehead atoms. The van der Waals surface area contributed by atoms with Gasteiger partial charge in [0.15, 0.2) is 0 Å². The first-order chi connectivity index (χ1) is 5.86. The molecule has 0 atom stereocenters. The van der Waals surface area contributed by atoms with Crippen molar-refractivity contribution in [1.29, 1.82) is 0 Å². The zero-order valence-corrected chi connectivity index (χ0v) is 8.38. The lowest BCUT2D eigenvalue weighted by atomic mass is 10.00. The second-order valence-electron chi connectivity index (χ2n) is 3.54. The Balaban J connectivity index is 2.18. The fraction of sp³-hybridized carbons (Fsp3) is 1.00. The molecule has 0 aliphatic carbocycles. The molecule has 0 amide bonds. The fourth-order valence-electron chi connectivity index (χ4n) is 1.78. The molecule has 0 aromatic carbocycles. The number of hydrogen-bond donors (Lipinski definition) is 0. The molecule has 0 aromatic rings. The van der Waals surface area contributed by atoms with Crippen LogP contribution in [-0.2, 0) is 4.74 Å². The predicted molar refractivity (Wildman–Crippen MR) is 51.3 cm³/mol. The van der Waals surface area contributed by atoms with E-state index in [2.05, 4.69) is 18.7 Å². The molecule has 0 radical (unpaired) electrons. The maximum Gasteiger partial charge on any atom is 0.0469 e. The Hall–Kier alpha value is -0.0800. The smallest absolute Gasteiger partial charge is 0.0469 e. The van der Waals surface area contributed by atoms with Crippen molar-refractivity contribution >= 4 is 0 Å². The first-order valence-corrected chi connectivity index (χ1v) is 5.16. The molecule has 72 valence electrons. The van der Waals surface area contributed by atoms with Crippen LogP contribution in [0.1, 0.15) is 26.7 Å². The fourth-order valence-corrected chi connectivity index (χ4v) is 1.78. The summed E-state index contributed by atoms with van der Waals surface area (Å²) in [5, 5.41) is 0. The van der Waals surface area contributed by atoms with Crippen LogP contribution < -0.4 is 0 Å². The van der Waals surface area contributed by atoms with E-state index in [0.29, 0.717) is 0 Å². The monoisotopic (exact) mass is 171 g/mol. The van der Waals surface area contributed by atoms with E-state index in [-0.39, 0.29) is 0 Å². The molecule has 1 rings (SSSR count). The van der Waals surface area contributed by atoms with Gasteiger partial charge >= 0.3 is 0 Å². The minimum atomic E-state index is 0.888. The van der Waals surface area contributed by atoms with E-state index in [0.717, 1.165) is 19.1 Å². The van der Waals surface area contributed by atoms with Gasteiger partial charge in [0.25, 0.3) is 0 Å². The minimum absolute atomic E-state index is 0.888. The summed E-state index contributed by atoms with van der Waals surface area (Å²) in [6, 6.07) is 0. The molecule has 0 spiro atoms. The van der Waals surface area contributed by atoms with Crippen LogP contribution in [0, 0.1) is 5.92 Å². The minimum Gasteiger partial charge on any atom is -0.381 e. The Morgan fingerprint density at radius 1 is 1.17 bits per heavy atom. The predicted octanol–water partition coefficient (Wildman–Crippen LogP) is 1.75. The number of nitrogens with zero attached hydrogens (tertiary/aromatic N) is 1. The van der Waals surface area contributed by atoms with E-state index in [1.807, 2.05) is 0 Å². The van der Waals surface area contributed by atoms with Gasteiger partial charge in [0, 0.05) is 19.8 Å². The van der Waals surface area contributed by atoms with E-state index in [4.69, 9.17) is 4.74 Å². The van der Waals surface area contributed by atoms with Crippen molar-refractivity contribution in [3.8, 4) is 0 Å². The Labute approximate surface area is 75.9 Å². The van der Waals surface area contributed by atoms with Gasteiger partial charge in [-0.05, 0) is 31.8 Å². The molecule has 1 aliphatic heterocycles. The molecule has 2 nitrogen and oxygen atoms in total.